The number of carbonyl (C=O) groups is 1. The molecule has 3 rings (SSSR count). The molecule has 0 atom stereocenters. The van der Waals surface area contributed by atoms with Crippen LogP contribution < -0.4 is 5.32 Å². The lowest BCUT2D eigenvalue weighted by Crippen LogP contribution is -2.37. The number of amides is 1. The highest BCUT2D eigenvalue weighted by molar-refractivity contribution is 7.89. The van der Waals surface area contributed by atoms with Crippen LogP contribution in [-0.2, 0) is 19.6 Å². The van der Waals surface area contributed by atoms with Crippen molar-refractivity contribution in [3.05, 3.63) is 59.9 Å². The van der Waals surface area contributed by atoms with Gasteiger partial charge in [-0.2, -0.15) is 0 Å². The lowest BCUT2D eigenvalue weighted by atomic mass is 10.1. The van der Waals surface area contributed by atoms with Gasteiger partial charge in [0.25, 0.3) is 15.9 Å². The van der Waals surface area contributed by atoms with Gasteiger partial charge in [0.15, 0.2) is 11.5 Å². The average Bonchev–Trinajstić information content (AvgIpc) is 2.71. The van der Waals surface area contributed by atoms with E-state index in [9.17, 15) is 13.2 Å². The number of rotatable bonds is 4. The molecule has 1 aliphatic rings. The average molecular weight is 406 g/mol. The van der Waals surface area contributed by atoms with Gasteiger partial charge in [-0.25, -0.2) is 13.4 Å². The summed E-state index contributed by atoms with van der Waals surface area (Å²) in [5, 5.41) is 2.58. The van der Waals surface area contributed by atoms with Gasteiger partial charge >= 0.3 is 0 Å². The van der Waals surface area contributed by atoms with Crippen molar-refractivity contribution in [1.82, 2.24) is 9.29 Å². The van der Waals surface area contributed by atoms with Crippen molar-refractivity contribution in [2.45, 2.75) is 31.6 Å². The van der Waals surface area contributed by atoms with E-state index in [1.54, 1.807) is 36.4 Å². The lowest BCUT2D eigenvalue weighted by Gasteiger charge is -2.29. The number of fused-ring (bicyclic) bond motifs is 1. The fourth-order valence-electron chi connectivity index (χ4n) is 2.48. The molecule has 0 saturated carbocycles. The van der Waals surface area contributed by atoms with Crippen LogP contribution in [0.15, 0.2) is 59.3 Å². The second-order valence-electron chi connectivity index (χ2n) is 6.02. The molecule has 8 heteroatoms. The van der Waals surface area contributed by atoms with E-state index in [-0.39, 0.29) is 17.8 Å². The van der Waals surface area contributed by atoms with E-state index < -0.39 is 15.9 Å². The number of carbonyl (C=O) groups excluding carboxylic acids is 1. The van der Waals surface area contributed by atoms with Gasteiger partial charge in [0.05, 0.1) is 12.0 Å². The van der Waals surface area contributed by atoms with Crippen LogP contribution in [0, 0.1) is 0 Å². The van der Waals surface area contributed by atoms with Crippen molar-refractivity contribution >= 4 is 27.5 Å². The molecular formula is C20H27N3O4S. The van der Waals surface area contributed by atoms with Crippen molar-refractivity contribution in [3.63, 3.8) is 0 Å². The number of pyridine rings is 1. The summed E-state index contributed by atoms with van der Waals surface area (Å²) in [6, 6.07) is 11.4. The Hall–Kier alpha value is -2.87. The second kappa shape index (κ2) is 9.36. The highest BCUT2D eigenvalue weighted by atomic mass is 32.2. The lowest BCUT2D eigenvalue weighted by molar-refractivity contribution is -0.113. The number of anilines is 1. The van der Waals surface area contributed by atoms with Crippen LogP contribution in [0.25, 0.3) is 5.76 Å². The summed E-state index contributed by atoms with van der Waals surface area (Å²) in [5.41, 5.74) is 0.256. The Balaban J connectivity index is 0.000000771. The first kappa shape index (κ1) is 21.4. The van der Waals surface area contributed by atoms with Gasteiger partial charge in [-0.1, -0.05) is 44.9 Å². The molecule has 0 fully saturated rings. The van der Waals surface area contributed by atoms with Crippen molar-refractivity contribution in [1.29, 1.82) is 0 Å². The highest BCUT2D eigenvalue weighted by Crippen LogP contribution is 2.36. The van der Waals surface area contributed by atoms with E-state index in [0.717, 1.165) is 4.31 Å². The monoisotopic (exact) mass is 405 g/mol. The number of ether oxygens (including phenoxy) is 1. The molecule has 2 heterocycles. The molecule has 2 aromatic rings. The second-order valence-corrected chi connectivity index (χ2v) is 7.96. The predicted molar refractivity (Wildman–Crippen MR) is 111 cm³/mol. The maximum Gasteiger partial charge on any atom is 0.277 e. The van der Waals surface area contributed by atoms with Gasteiger partial charge in [-0.05, 0) is 24.3 Å². The molecular weight excluding hydrogens is 378 g/mol. The van der Waals surface area contributed by atoms with Crippen molar-refractivity contribution in [2.75, 3.05) is 19.5 Å². The molecule has 0 aliphatic carbocycles. The third-order valence-corrected chi connectivity index (χ3v) is 5.94. The number of hydrogen-bond donors (Lipinski definition) is 1. The maximum atomic E-state index is 12.7. The minimum atomic E-state index is -3.84. The first-order chi connectivity index (χ1) is 13.4. The van der Waals surface area contributed by atoms with Gasteiger partial charge < -0.3 is 10.1 Å². The minimum Gasteiger partial charge on any atom is -0.494 e. The molecule has 0 saturated heterocycles. The molecule has 1 aliphatic heterocycles. The van der Waals surface area contributed by atoms with Crippen molar-refractivity contribution in [2.24, 2.45) is 0 Å². The summed E-state index contributed by atoms with van der Waals surface area (Å²) < 4.78 is 31.6. The topological polar surface area (TPSA) is 88.6 Å². The molecule has 0 spiro atoms. The molecule has 0 bridgehead atoms. The Morgan fingerprint density at radius 1 is 1.14 bits per heavy atom. The molecule has 7 nitrogen and oxygen atoms in total. The number of methoxy groups -OCH3 is 1. The van der Waals surface area contributed by atoms with Crippen LogP contribution in [0.3, 0.4) is 0 Å². The minimum absolute atomic E-state index is 0. The van der Waals surface area contributed by atoms with E-state index in [1.165, 1.54) is 39.3 Å². The van der Waals surface area contributed by atoms with Crippen molar-refractivity contribution in [3.8, 4) is 0 Å². The van der Waals surface area contributed by atoms with Crippen LogP contribution in [0.4, 0.5) is 5.82 Å². The van der Waals surface area contributed by atoms with E-state index in [0.29, 0.717) is 11.4 Å². The fraction of sp³-hybridized carbons (Fsp3) is 0.300. The van der Waals surface area contributed by atoms with Crippen LogP contribution >= 0.6 is 0 Å². The molecule has 1 N–H and O–H groups in total. The molecule has 1 amide bonds. The summed E-state index contributed by atoms with van der Waals surface area (Å²) in [5.74, 6) is -0.113. The van der Waals surface area contributed by atoms with E-state index >= 15 is 0 Å². The summed E-state index contributed by atoms with van der Waals surface area (Å²) in [4.78, 5) is 16.8. The maximum absolute atomic E-state index is 12.7. The van der Waals surface area contributed by atoms with Gasteiger partial charge in [0, 0.05) is 20.2 Å². The Morgan fingerprint density at radius 2 is 1.79 bits per heavy atom. The predicted octanol–water partition coefficient (Wildman–Crippen LogP) is 3.72. The first-order valence-electron chi connectivity index (χ1n) is 8.97. The summed E-state index contributed by atoms with van der Waals surface area (Å²) in [6.45, 7) is 4.36. The third-order valence-electron chi connectivity index (χ3n) is 4.13. The summed E-state index contributed by atoms with van der Waals surface area (Å²) >= 11 is 0. The van der Waals surface area contributed by atoms with Gasteiger partial charge in [-0.15, -0.1) is 0 Å². The number of unbranched alkanes of at least 4 members (excludes halogenated alkanes) is 1. The number of nitrogens with one attached hydrogen (secondary N) is 1. The number of nitrogens with zero attached hydrogens (tertiary/aromatic N) is 2. The first-order valence-corrected chi connectivity index (χ1v) is 10.4. The van der Waals surface area contributed by atoms with Crippen LogP contribution in [-0.4, -0.2) is 37.8 Å². The largest absolute Gasteiger partial charge is 0.494 e. The molecule has 152 valence electrons. The smallest absolute Gasteiger partial charge is 0.277 e. The molecule has 0 radical (unpaired) electrons. The number of sulfonamides is 1. The normalized spacial score (nSPS) is 14.5. The number of likely N-dealkylation sites (N-methyl/N-ethyl adjacent to an activating group) is 1. The zero-order valence-electron chi connectivity index (χ0n) is 16.5. The molecule has 28 heavy (non-hydrogen) atoms. The van der Waals surface area contributed by atoms with Gasteiger partial charge in [0.1, 0.15) is 5.82 Å². The fourth-order valence-corrected chi connectivity index (χ4v) is 3.87. The molecule has 1 aromatic heterocycles. The van der Waals surface area contributed by atoms with Crippen molar-refractivity contribution < 1.29 is 19.4 Å². The van der Waals surface area contributed by atoms with Crippen LogP contribution in [0.5, 0.6) is 0 Å². The third kappa shape index (κ3) is 4.33. The zero-order valence-corrected chi connectivity index (χ0v) is 17.3. The number of benzene rings is 1. The number of hydrogen-bond acceptors (Lipinski definition) is 5. The Bertz CT molecular complexity index is 961. The van der Waals surface area contributed by atoms with Gasteiger partial charge in [-0.3, -0.25) is 9.10 Å². The Kier molecular flexibility index (Phi) is 7.17. The Labute approximate surface area is 167 Å². The summed E-state index contributed by atoms with van der Waals surface area (Å²) in [7, 11) is -1.12. The SMILES string of the molecule is CCCC.COC1=C(C(=O)Nc2ccccn2)N(C)S(=O)(=O)c2ccccc21.[HH]. The van der Waals surface area contributed by atoms with E-state index in [2.05, 4.69) is 24.1 Å². The zero-order chi connectivity index (χ0) is 20.7. The van der Waals surface area contributed by atoms with E-state index in [4.69, 9.17) is 4.74 Å². The van der Waals surface area contributed by atoms with Crippen LogP contribution in [0.1, 0.15) is 33.7 Å². The Morgan fingerprint density at radius 3 is 2.36 bits per heavy atom. The van der Waals surface area contributed by atoms with Crippen LogP contribution in [0.2, 0.25) is 0 Å². The molecule has 1 aromatic carbocycles. The summed E-state index contributed by atoms with van der Waals surface area (Å²) in [6.07, 6.45) is 4.16. The van der Waals surface area contributed by atoms with E-state index in [1.807, 2.05) is 0 Å². The number of aromatic nitrogens is 1. The quantitative estimate of drug-likeness (QED) is 0.837. The molecule has 0 unspecified atom stereocenters. The standard InChI is InChI=1S/C16H15N3O4S.C4H10.H2/c1-19-14(16(20)18-13-9-5-6-10-17-13)15(23-2)11-7-3-4-8-12(11)24(19,21)22;1-3-4-2;/h3-10H,1-2H3,(H,17,18,20);3-4H2,1-2H3;1H. The highest BCUT2D eigenvalue weighted by Gasteiger charge is 2.38. The van der Waals surface area contributed by atoms with Gasteiger partial charge in [0.2, 0.25) is 0 Å².